The molecular formula is C69H45N3. The molecule has 72 heavy (non-hydrogen) atoms. The number of hydrogen-bond donors (Lipinski definition) is 0. The Morgan fingerprint density at radius 1 is 0.139 bits per heavy atom. The molecule has 1 heterocycles. The van der Waals surface area contributed by atoms with Crippen LogP contribution in [-0.4, -0.2) is 15.0 Å². The van der Waals surface area contributed by atoms with E-state index in [9.17, 15) is 0 Å². The van der Waals surface area contributed by atoms with E-state index in [2.05, 4.69) is 273 Å². The monoisotopic (exact) mass is 915 g/mol. The van der Waals surface area contributed by atoms with Crippen molar-refractivity contribution in [3.8, 4) is 101 Å². The second kappa shape index (κ2) is 18.4. The highest BCUT2D eigenvalue weighted by molar-refractivity contribution is 6.25. The van der Waals surface area contributed by atoms with Crippen LogP contribution in [0, 0.1) is 0 Å². The van der Waals surface area contributed by atoms with Gasteiger partial charge in [-0.25, -0.2) is 15.0 Å². The molecule has 13 aromatic rings. The smallest absolute Gasteiger partial charge is 0.164 e. The molecule has 0 aliphatic heterocycles. The van der Waals surface area contributed by atoms with Gasteiger partial charge in [-0.15, -0.1) is 0 Å². The molecule has 0 radical (unpaired) electrons. The normalized spacial score (nSPS) is 11.3. The van der Waals surface area contributed by atoms with E-state index in [4.69, 9.17) is 15.0 Å². The first kappa shape index (κ1) is 42.5. The summed E-state index contributed by atoms with van der Waals surface area (Å²) in [5.41, 5.74) is 16.0. The molecule has 0 saturated carbocycles. The molecule has 0 amide bonds. The van der Waals surface area contributed by atoms with Gasteiger partial charge in [0.1, 0.15) is 0 Å². The lowest BCUT2D eigenvalue weighted by Crippen LogP contribution is -2.01. The maximum absolute atomic E-state index is 5.40. The van der Waals surface area contributed by atoms with Gasteiger partial charge in [-0.2, -0.15) is 0 Å². The van der Waals surface area contributed by atoms with Gasteiger partial charge in [0.2, 0.25) is 0 Å². The average Bonchev–Trinajstić information content (AvgIpc) is 3.47. The Labute approximate surface area is 419 Å². The lowest BCUT2D eigenvalue weighted by molar-refractivity contribution is 1.07. The summed E-state index contributed by atoms with van der Waals surface area (Å²) >= 11 is 0. The largest absolute Gasteiger partial charge is 0.208 e. The van der Waals surface area contributed by atoms with Crippen molar-refractivity contribution >= 4 is 32.3 Å². The molecule has 12 aromatic carbocycles. The molecule has 336 valence electrons. The molecular weight excluding hydrogens is 871 g/mol. The fourth-order valence-electron chi connectivity index (χ4n) is 10.3. The van der Waals surface area contributed by atoms with Gasteiger partial charge in [0.15, 0.2) is 17.5 Å². The predicted molar refractivity (Wildman–Crippen MR) is 301 cm³/mol. The Bertz CT molecular complexity index is 3840. The second-order valence-corrected chi connectivity index (χ2v) is 18.4. The van der Waals surface area contributed by atoms with Crippen molar-refractivity contribution in [3.05, 3.63) is 273 Å². The van der Waals surface area contributed by atoms with Crippen LogP contribution < -0.4 is 0 Å². The number of hydrogen-bond acceptors (Lipinski definition) is 3. The van der Waals surface area contributed by atoms with E-state index in [1.165, 1.54) is 37.9 Å². The van der Waals surface area contributed by atoms with Crippen LogP contribution >= 0.6 is 0 Å². The number of aromatic nitrogens is 3. The first-order valence-electron chi connectivity index (χ1n) is 24.5. The maximum atomic E-state index is 5.40. The van der Waals surface area contributed by atoms with Crippen LogP contribution in [0.1, 0.15) is 0 Å². The Balaban J connectivity index is 0.970. The van der Waals surface area contributed by atoms with Crippen molar-refractivity contribution in [2.45, 2.75) is 0 Å². The molecule has 0 N–H and O–H groups in total. The minimum absolute atomic E-state index is 0.597. The number of benzene rings is 12. The Morgan fingerprint density at radius 2 is 0.389 bits per heavy atom. The Morgan fingerprint density at radius 3 is 0.778 bits per heavy atom. The van der Waals surface area contributed by atoms with Crippen molar-refractivity contribution in [2.75, 3.05) is 0 Å². The third-order valence-corrected chi connectivity index (χ3v) is 13.8. The lowest BCUT2D eigenvalue weighted by atomic mass is 9.91. The first-order valence-corrected chi connectivity index (χ1v) is 24.5. The molecule has 0 atom stereocenters. The quantitative estimate of drug-likeness (QED) is 0.135. The zero-order valence-electron chi connectivity index (χ0n) is 39.3. The number of fused-ring (bicyclic) bond motifs is 6. The molecule has 1 aromatic heterocycles. The summed E-state index contributed by atoms with van der Waals surface area (Å²) in [6, 6.07) is 97.4. The van der Waals surface area contributed by atoms with Crippen LogP contribution in [0.25, 0.3) is 133 Å². The van der Waals surface area contributed by atoms with Crippen molar-refractivity contribution in [2.24, 2.45) is 0 Å². The molecule has 0 aliphatic carbocycles. The predicted octanol–water partition coefficient (Wildman–Crippen LogP) is 18.3. The molecule has 0 aliphatic rings. The Kier molecular flexibility index (Phi) is 10.9. The summed E-state index contributed by atoms with van der Waals surface area (Å²) in [4.78, 5) is 16.2. The third kappa shape index (κ3) is 8.19. The van der Waals surface area contributed by atoms with Crippen LogP contribution in [0.15, 0.2) is 273 Å². The van der Waals surface area contributed by atoms with Crippen LogP contribution in [0.3, 0.4) is 0 Å². The summed E-state index contributed by atoms with van der Waals surface area (Å²) < 4.78 is 0. The summed E-state index contributed by atoms with van der Waals surface area (Å²) in [7, 11) is 0. The van der Waals surface area contributed by atoms with Crippen LogP contribution in [0.5, 0.6) is 0 Å². The highest BCUT2D eigenvalue weighted by Crippen LogP contribution is 2.40. The lowest BCUT2D eigenvalue weighted by Gasteiger charge is -2.14. The molecule has 0 saturated heterocycles. The zero-order chi connectivity index (χ0) is 47.8. The third-order valence-electron chi connectivity index (χ3n) is 13.8. The van der Waals surface area contributed by atoms with Gasteiger partial charge in [0.05, 0.1) is 0 Å². The topological polar surface area (TPSA) is 38.7 Å². The molecule has 0 spiro atoms. The Hall–Kier alpha value is -9.57. The van der Waals surface area contributed by atoms with Crippen molar-refractivity contribution in [1.29, 1.82) is 0 Å². The first-order chi connectivity index (χ1) is 35.6. The van der Waals surface area contributed by atoms with Gasteiger partial charge in [0, 0.05) is 16.7 Å². The summed E-state index contributed by atoms with van der Waals surface area (Å²) in [5, 5.41) is 7.61. The van der Waals surface area contributed by atoms with Gasteiger partial charge in [-0.3, -0.25) is 0 Å². The van der Waals surface area contributed by atoms with Crippen LogP contribution in [-0.2, 0) is 0 Å². The SMILES string of the molecule is c1ccc(-c2cc(-c3ccccc3)cc(-c3nc(-c4cccc(-c5cccc(-c6ccc7c8ccccc8c8ccccc8c7c6)c5)c4)nc(-c4cc(-c5ccccc5)cc(-c5ccccc5)c4)n3)c2)cc1. The van der Waals surface area contributed by atoms with E-state index in [0.717, 1.165) is 77.9 Å². The highest BCUT2D eigenvalue weighted by Gasteiger charge is 2.18. The fourth-order valence-corrected chi connectivity index (χ4v) is 10.3. The minimum atomic E-state index is 0.597. The standard InChI is InChI=1S/C69H45N3/c1-5-19-46(20-6-1)55-39-56(47-21-7-2-8-22-47)42-59(41-55)68-70-67(71-69(72-68)60-43-57(48-23-9-3-10-24-48)40-58(44-60)49-25-11-4-12-26-49)54-30-18-29-52(38-54)50-27-17-28-51(37-50)53-35-36-65-63-33-14-13-31-61(63)62-32-15-16-34-64(62)66(65)45-53/h1-45H. The van der Waals surface area contributed by atoms with Gasteiger partial charge >= 0.3 is 0 Å². The van der Waals surface area contributed by atoms with E-state index >= 15 is 0 Å². The van der Waals surface area contributed by atoms with Gasteiger partial charge in [-0.1, -0.05) is 218 Å². The van der Waals surface area contributed by atoms with Crippen LogP contribution in [0.2, 0.25) is 0 Å². The highest BCUT2D eigenvalue weighted by atomic mass is 15.0. The van der Waals surface area contributed by atoms with E-state index in [1.54, 1.807) is 0 Å². The van der Waals surface area contributed by atoms with E-state index in [0.29, 0.717) is 17.5 Å². The van der Waals surface area contributed by atoms with Gasteiger partial charge in [0.25, 0.3) is 0 Å². The summed E-state index contributed by atoms with van der Waals surface area (Å²) in [6.45, 7) is 0. The van der Waals surface area contributed by atoms with E-state index in [-0.39, 0.29) is 0 Å². The van der Waals surface area contributed by atoms with Crippen LogP contribution in [0.4, 0.5) is 0 Å². The van der Waals surface area contributed by atoms with Gasteiger partial charge in [-0.05, 0) is 154 Å². The van der Waals surface area contributed by atoms with E-state index in [1.807, 2.05) is 0 Å². The van der Waals surface area contributed by atoms with Crippen molar-refractivity contribution in [1.82, 2.24) is 15.0 Å². The molecule has 0 fully saturated rings. The summed E-state index contributed by atoms with van der Waals surface area (Å²) in [6.07, 6.45) is 0. The second-order valence-electron chi connectivity index (χ2n) is 18.4. The molecule has 0 unspecified atom stereocenters. The number of nitrogens with zero attached hydrogens (tertiary/aromatic N) is 3. The van der Waals surface area contributed by atoms with Gasteiger partial charge < -0.3 is 0 Å². The van der Waals surface area contributed by atoms with E-state index < -0.39 is 0 Å². The maximum Gasteiger partial charge on any atom is 0.164 e. The van der Waals surface area contributed by atoms with Crippen molar-refractivity contribution < 1.29 is 0 Å². The zero-order valence-corrected chi connectivity index (χ0v) is 39.3. The average molecular weight is 916 g/mol. The molecule has 13 rings (SSSR count). The molecule has 3 nitrogen and oxygen atoms in total. The fraction of sp³-hybridized carbons (Fsp3) is 0. The summed E-state index contributed by atoms with van der Waals surface area (Å²) in [5.74, 6) is 1.79. The number of rotatable bonds is 9. The minimum Gasteiger partial charge on any atom is -0.208 e. The van der Waals surface area contributed by atoms with Crippen molar-refractivity contribution in [3.63, 3.8) is 0 Å². The molecule has 3 heteroatoms. The molecule has 0 bridgehead atoms.